The number of aryl methyl sites for hydroxylation is 1. The van der Waals surface area contributed by atoms with Gasteiger partial charge in [-0.15, -0.1) is 5.10 Å². The van der Waals surface area contributed by atoms with Crippen LogP contribution < -0.4 is 0 Å². The molecule has 0 aliphatic heterocycles. The van der Waals surface area contributed by atoms with Gasteiger partial charge in [-0.2, -0.15) is 0 Å². The van der Waals surface area contributed by atoms with Crippen molar-refractivity contribution < 1.29 is 14.6 Å². The molecule has 1 unspecified atom stereocenters. The number of carbonyl (C=O) groups is 1. The molecule has 0 amide bonds. The van der Waals surface area contributed by atoms with Crippen LogP contribution in [0.15, 0.2) is 0 Å². The summed E-state index contributed by atoms with van der Waals surface area (Å²) in [5, 5.41) is 21.3. The van der Waals surface area contributed by atoms with Crippen molar-refractivity contribution in [1.29, 1.82) is 0 Å². The van der Waals surface area contributed by atoms with Crippen LogP contribution in [0.2, 0.25) is 0 Å². The molecule has 1 N–H and O–H groups in total. The van der Waals surface area contributed by atoms with Gasteiger partial charge in [-0.3, -0.25) is 4.79 Å². The maximum Gasteiger partial charge on any atom is 0.158 e. The van der Waals surface area contributed by atoms with Crippen molar-refractivity contribution in [3.8, 4) is 0 Å². The number of hydrogen-bond donors (Lipinski definition) is 1. The zero-order chi connectivity index (χ0) is 24.5. The third-order valence-corrected chi connectivity index (χ3v) is 10.9. The largest absolute Gasteiger partial charge is 0.397 e. The number of fused-ring (bicyclic) bond motifs is 5. The van der Waals surface area contributed by atoms with Gasteiger partial charge in [-0.25, -0.2) is 4.68 Å². The molecule has 0 bridgehead atoms. The van der Waals surface area contributed by atoms with Gasteiger partial charge in [0.15, 0.2) is 5.78 Å². The Hall–Kier alpha value is -1.21. The number of carbonyl (C=O) groups excluding carboxylic acids is 1. The molecule has 9 heteroatoms. The minimum atomic E-state index is -1.23. The number of nitrogens with zero attached hydrogens (tertiary/aromatic N) is 4. The van der Waals surface area contributed by atoms with Gasteiger partial charge < -0.3 is 9.84 Å². The second-order valence-corrected chi connectivity index (χ2v) is 12.4. The SMILES string of the molecule is [B]C([B])(OC)C12CC[C@@](C)(O)C[C@H]1CC[C@@H]1[C@@H]2CC[C@]2(C)[C@@H](C(=O)Cn3nnnc3C)CC[C@@H]12. The minimum Gasteiger partial charge on any atom is -0.397 e. The highest BCUT2D eigenvalue weighted by molar-refractivity contribution is 6.39. The number of rotatable bonds is 5. The molecule has 1 aromatic rings. The molecule has 0 saturated heterocycles. The molecular formula is C25H38B2N4O3. The van der Waals surface area contributed by atoms with E-state index in [0.29, 0.717) is 30.0 Å². The van der Waals surface area contributed by atoms with E-state index in [4.69, 9.17) is 20.4 Å². The lowest BCUT2D eigenvalue weighted by molar-refractivity contribution is -0.196. The Kier molecular flexibility index (Phi) is 5.87. The summed E-state index contributed by atoms with van der Waals surface area (Å²) in [6.45, 7) is 6.37. The first kappa shape index (κ1) is 24.5. The van der Waals surface area contributed by atoms with Crippen LogP contribution in [0.4, 0.5) is 0 Å². The Morgan fingerprint density at radius 2 is 1.91 bits per heavy atom. The van der Waals surface area contributed by atoms with Crippen LogP contribution in [0, 0.1) is 47.3 Å². The molecular weight excluding hydrogens is 426 g/mol. The molecule has 34 heavy (non-hydrogen) atoms. The molecule has 4 aliphatic rings. The van der Waals surface area contributed by atoms with Gasteiger partial charge in [-0.1, -0.05) is 6.92 Å². The predicted molar refractivity (Wildman–Crippen MR) is 129 cm³/mol. The Morgan fingerprint density at radius 3 is 2.59 bits per heavy atom. The van der Waals surface area contributed by atoms with Gasteiger partial charge in [0.25, 0.3) is 0 Å². The monoisotopic (exact) mass is 464 g/mol. The van der Waals surface area contributed by atoms with Crippen LogP contribution in [0.1, 0.15) is 77.5 Å². The predicted octanol–water partition coefficient (Wildman–Crippen LogP) is 2.58. The summed E-state index contributed by atoms with van der Waals surface area (Å²) >= 11 is 0. The summed E-state index contributed by atoms with van der Waals surface area (Å²) in [6.07, 6.45) is 8.32. The van der Waals surface area contributed by atoms with Crippen molar-refractivity contribution in [3.63, 3.8) is 0 Å². The van der Waals surface area contributed by atoms with Gasteiger partial charge in [0.1, 0.15) is 28.1 Å². The normalized spacial score (nSPS) is 44.2. The van der Waals surface area contributed by atoms with E-state index in [0.717, 1.165) is 51.4 Å². The molecule has 182 valence electrons. The summed E-state index contributed by atoms with van der Waals surface area (Å²) in [5.41, 5.74) is -1.04. The number of aliphatic hydroxyl groups is 1. The number of Topliss-reactive ketones (excluding diaryl/α,β-unsaturated/α-hetero) is 1. The van der Waals surface area contributed by atoms with Gasteiger partial charge in [0.2, 0.25) is 0 Å². The fraction of sp³-hybridized carbons (Fsp3) is 0.920. The highest BCUT2D eigenvalue weighted by Gasteiger charge is 2.66. The fourth-order valence-corrected chi connectivity index (χ4v) is 9.24. The van der Waals surface area contributed by atoms with Gasteiger partial charge in [-0.05, 0) is 122 Å². The highest BCUT2D eigenvalue weighted by Crippen LogP contribution is 2.70. The summed E-state index contributed by atoms with van der Waals surface area (Å²) in [6, 6.07) is 0. The van der Waals surface area contributed by atoms with Gasteiger partial charge in [0.05, 0.1) is 5.60 Å². The maximum absolute atomic E-state index is 13.4. The Labute approximate surface area is 206 Å². The molecule has 5 rings (SSSR count). The van der Waals surface area contributed by atoms with Crippen molar-refractivity contribution in [1.82, 2.24) is 20.2 Å². The average Bonchev–Trinajstić information content (AvgIpc) is 3.34. The molecule has 1 aromatic heterocycles. The van der Waals surface area contributed by atoms with Crippen molar-refractivity contribution in [2.24, 2.45) is 40.4 Å². The van der Waals surface area contributed by atoms with Crippen molar-refractivity contribution >= 4 is 21.5 Å². The zero-order valence-electron chi connectivity index (χ0n) is 21.2. The number of methoxy groups -OCH3 is 1. The molecule has 7 nitrogen and oxygen atoms in total. The lowest BCUT2D eigenvalue weighted by Gasteiger charge is -2.67. The van der Waals surface area contributed by atoms with Crippen LogP contribution in [0.5, 0.6) is 0 Å². The minimum absolute atomic E-state index is 0.0206. The molecule has 8 atom stereocenters. The first-order valence-corrected chi connectivity index (χ1v) is 13.1. The van der Waals surface area contributed by atoms with E-state index in [1.54, 1.807) is 11.8 Å². The first-order valence-electron chi connectivity index (χ1n) is 13.1. The third kappa shape index (κ3) is 3.47. The molecule has 4 radical (unpaired) electrons. The molecule has 4 saturated carbocycles. The first-order chi connectivity index (χ1) is 16.0. The van der Waals surface area contributed by atoms with Crippen LogP contribution >= 0.6 is 0 Å². The molecule has 4 aliphatic carbocycles. The van der Waals surface area contributed by atoms with Crippen molar-refractivity contribution in [2.45, 2.75) is 96.1 Å². The van der Waals surface area contributed by atoms with E-state index < -0.39 is 11.0 Å². The maximum atomic E-state index is 13.4. The van der Waals surface area contributed by atoms with E-state index in [1.165, 1.54) is 0 Å². The third-order valence-electron chi connectivity index (χ3n) is 10.9. The van der Waals surface area contributed by atoms with E-state index in [9.17, 15) is 9.90 Å². The van der Waals surface area contributed by atoms with Gasteiger partial charge in [0, 0.05) is 13.0 Å². The van der Waals surface area contributed by atoms with E-state index in [2.05, 4.69) is 22.4 Å². The number of ketones is 1. The molecule has 0 aromatic carbocycles. The van der Waals surface area contributed by atoms with Crippen LogP contribution in [0.3, 0.4) is 0 Å². The Balaban J connectivity index is 1.43. The Bertz CT molecular complexity index is 952. The second kappa shape index (κ2) is 8.16. The van der Waals surface area contributed by atoms with E-state index in [-0.39, 0.29) is 35.0 Å². The lowest BCUT2D eigenvalue weighted by atomic mass is 9.33. The van der Waals surface area contributed by atoms with E-state index >= 15 is 0 Å². The number of aromatic nitrogens is 4. The van der Waals surface area contributed by atoms with E-state index in [1.807, 2.05) is 13.8 Å². The molecule has 0 spiro atoms. The topological polar surface area (TPSA) is 90.1 Å². The molecule has 1 heterocycles. The highest BCUT2D eigenvalue weighted by atomic mass is 16.5. The Morgan fingerprint density at radius 1 is 1.15 bits per heavy atom. The second-order valence-electron chi connectivity index (χ2n) is 12.4. The summed E-state index contributed by atoms with van der Waals surface area (Å²) < 4.78 is 7.44. The average molecular weight is 464 g/mol. The number of hydrogen-bond acceptors (Lipinski definition) is 6. The summed E-state index contributed by atoms with van der Waals surface area (Å²) in [5.74, 6) is 2.51. The number of tetrazole rings is 1. The fourth-order valence-electron chi connectivity index (χ4n) is 9.24. The van der Waals surface area contributed by atoms with Crippen molar-refractivity contribution in [2.75, 3.05) is 7.11 Å². The summed E-state index contributed by atoms with van der Waals surface area (Å²) in [4.78, 5) is 13.4. The van der Waals surface area contributed by atoms with Crippen LogP contribution in [-0.4, -0.2) is 64.9 Å². The quantitative estimate of drug-likeness (QED) is 0.674. The zero-order valence-corrected chi connectivity index (χ0v) is 21.2. The van der Waals surface area contributed by atoms with Crippen LogP contribution in [-0.2, 0) is 16.1 Å². The summed E-state index contributed by atoms with van der Waals surface area (Å²) in [7, 11) is 15.2. The smallest absolute Gasteiger partial charge is 0.158 e. The van der Waals surface area contributed by atoms with Crippen LogP contribution in [0.25, 0.3) is 0 Å². The number of ether oxygens (including phenoxy) is 1. The lowest BCUT2D eigenvalue weighted by Crippen LogP contribution is -2.67. The van der Waals surface area contributed by atoms with Crippen molar-refractivity contribution in [3.05, 3.63) is 5.82 Å². The molecule has 4 fully saturated rings. The van der Waals surface area contributed by atoms with Gasteiger partial charge >= 0.3 is 0 Å². The standard InChI is InChI=1S/C25H38B2N4O3/c1-15-28-29-30-31(15)14-21(32)20-8-7-18-17-6-5-16-13-22(2,33)11-12-24(16,25(26,27)34-4)19(17)9-10-23(18,20)3/h16-20,33H,5-14H2,1-4H3/t16-,17+,18+,19+,20-,22-,23+,24?/m1/s1.